The molecule has 116 valence electrons. The second-order valence-electron chi connectivity index (χ2n) is 5.14. The van der Waals surface area contributed by atoms with E-state index in [2.05, 4.69) is 34.4 Å². The first-order chi connectivity index (χ1) is 11.1. The molecule has 1 aromatic rings. The van der Waals surface area contributed by atoms with Crippen LogP contribution >= 0.6 is 35.0 Å². The molecule has 0 bridgehead atoms. The van der Waals surface area contributed by atoms with Gasteiger partial charge in [0.2, 0.25) is 5.28 Å². The van der Waals surface area contributed by atoms with E-state index >= 15 is 0 Å². The molecule has 2 unspecified atom stereocenters. The summed E-state index contributed by atoms with van der Waals surface area (Å²) in [5.41, 5.74) is 1.97. The van der Waals surface area contributed by atoms with Gasteiger partial charge in [-0.2, -0.15) is 5.26 Å². The number of halogens is 2. The number of aromatic nitrogens is 2. The lowest BCUT2D eigenvalue weighted by atomic mass is 9.87. The van der Waals surface area contributed by atoms with Gasteiger partial charge in [-0.15, -0.1) is 0 Å². The molecule has 0 spiro atoms. The molecule has 3 rings (SSSR count). The SMILES string of the molecule is CC1C=CC(Cl)=CC1C1=CS/C(=C(/C#N)c2ccnc(Cl)n2)N1. The molecule has 7 heteroatoms. The van der Waals surface area contributed by atoms with Crippen LogP contribution in [-0.4, -0.2) is 9.97 Å². The lowest BCUT2D eigenvalue weighted by molar-refractivity contribution is 0.555. The van der Waals surface area contributed by atoms with Crippen LogP contribution < -0.4 is 5.32 Å². The fourth-order valence-corrected chi connectivity index (χ4v) is 3.67. The van der Waals surface area contributed by atoms with Crippen molar-refractivity contribution in [3.05, 3.63) is 62.6 Å². The Hall–Kier alpha value is -1.74. The van der Waals surface area contributed by atoms with Crippen LogP contribution in [0.4, 0.5) is 0 Å². The van der Waals surface area contributed by atoms with Crippen molar-refractivity contribution in [2.24, 2.45) is 11.8 Å². The van der Waals surface area contributed by atoms with Crippen LogP contribution in [-0.2, 0) is 0 Å². The van der Waals surface area contributed by atoms with E-state index in [1.54, 1.807) is 6.07 Å². The van der Waals surface area contributed by atoms with Gasteiger partial charge in [-0.25, -0.2) is 9.97 Å². The predicted molar refractivity (Wildman–Crippen MR) is 94.1 cm³/mol. The van der Waals surface area contributed by atoms with E-state index in [0.29, 0.717) is 17.2 Å². The highest BCUT2D eigenvalue weighted by Crippen LogP contribution is 2.38. The maximum atomic E-state index is 9.49. The molecule has 0 saturated heterocycles. The normalized spacial score (nSPS) is 25.3. The quantitative estimate of drug-likeness (QED) is 0.622. The van der Waals surface area contributed by atoms with Crippen LogP contribution in [0.3, 0.4) is 0 Å². The number of nitrogens with one attached hydrogen (secondary N) is 1. The topological polar surface area (TPSA) is 61.6 Å². The molecule has 0 saturated carbocycles. The lowest BCUT2D eigenvalue weighted by Gasteiger charge is -2.23. The van der Waals surface area contributed by atoms with E-state index in [1.165, 1.54) is 18.0 Å². The van der Waals surface area contributed by atoms with Gasteiger partial charge in [0.05, 0.1) is 10.7 Å². The summed E-state index contributed by atoms with van der Waals surface area (Å²) in [6.45, 7) is 2.13. The molecule has 1 aromatic heterocycles. The molecule has 1 N–H and O–H groups in total. The van der Waals surface area contributed by atoms with Gasteiger partial charge in [0, 0.05) is 22.8 Å². The van der Waals surface area contributed by atoms with Crippen molar-refractivity contribution < 1.29 is 0 Å². The highest BCUT2D eigenvalue weighted by molar-refractivity contribution is 8.06. The van der Waals surface area contributed by atoms with E-state index in [0.717, 1.165) is 15.8 Å². The zero-order chi connectivity index (χ0) is 16.4. The molecule has 0 aromatic carbocycles. The minimum Gasteiger partial charge on any atom is -0.351 e. The van der Waals surface area contributed by atoms with Crippen LogP contribution in [0.15, 0.2) is 51.7 Å². The number of hydrogen-bond donors (Lipinski definition) is 1. The minimum absolute atomic E-state index is 0.118. The number of hydrogen-bond acceptors (Lipinski definition) is 5. The Morgan fingerprint density at radius 1 is 1.43 bits per heavy atom. The van der Waals surface area contributed by atoms with Gasteiger partial charge < -0.3 is 5.32 Å². The second kappa shape index (κ2) is 6.79. The first kappa shape index (κ1) is 16.1. The zero-order valence-electron chi connectivity index (χ0n) is 12.1. The molecule has 0 fully saturated rings. The van der Waals surface area contributed by atoms with Gasteiger partial charge in [-0.3, -0.25) is 0 Å². The molecular weight excluding hydrogens is 351 g/mol. The third-order valence-electron chi connectivity index (χ3n) is 3.61. The predicted octanol–water partition coefficient (Wildman–Crippen LogP) is 4.44. The van der Waals surface area contributed by atoms with Crippen LogP contribution in [0.25, 0.3) is 5.57 Å². The van der Waals surface area contributed by atoms with Gasteiger partial charge in [0.1, 0.15) is 11.6 Å². The largest absolute Gasteiger partial charge is 0.351 e. The minimum atomic E-state index is 0.118. The number of nitrogens with zero attached hydrogens (tertiary/aromatic N) is 3. The smallest absolute Gasteiger partial charge is 0.222 e. The first-order valence-electron chi connectivity index (χ1n) is 6.91. The standard InChI is InChI=1S/C16H12Cl2N4S/c1-9-2-3-10(17)6-11(9)14-8-23-15(21-14)12(7-19)13-4-5-20-16(18)22-13/h2-6,8-9,11,21H,1H3/b15-12-. The van der Waals surface area contributed by atoms with E-state index in [1.807, 2.05) is 17.6 Å². The van der Waals surface area contributed by atoms with Crippen LogP contribution in [0.2, 0.25) is 5.28 Å². The Balaban J connectivity index is 1.88. The summed E-state index contributed by atoms with van der Waals surface area (Å²) in [6, 6.07) is 3.86. The van der Waals surface area contributed by atoms with Gasteiger partial charge in [-0.05, 0) is 35.1 Å². The van der Waals surface area contributed by atoms with Crippen LogP contribution in [0, 0.1) is 23.2 Å². The second-order valence-corrected chi connectivity index (χ2v) is 6.79. The summed E-state index contributed by atoms with van der Waals surface area (Å²) in [5, 5.41) is 16.4. The van der Waals surface area contributed by atoms with E-state index in [-0.39, 0.29) is 11.2 Å². The van der Waals surface area contributed by atoms with Crippen molar-refractivity contribution in [2.45, 2.75) is 6.92 Å². The van der Waals surface area contributed by atoms with Crippen LogP contribution in [0.1, 0.15) is 12.6 Å². The number of nitriles is 1. The van der Waals surface area contributed by atoms with Crippen molar-refractivity contribution in [3.63, 3.8) is 0 Å². The van der Waals surface area contributed by atoms with Crippen LogP contribution in [0.5, 0.6) is 0 Å². The van der Waals surface area contributed by atoms with Crippen molar-refractivity contribution in [1.29, 1.82) is 5.26 Å². The summed E-state index contributed by atoms with van der Waals surface area (Å²) in [6.07, 6.45) is 7.54. The van der Waals surface area contributed by atoms with Gasteiger partial charge >= 0.3 is 0 Å². The Kier molecular flexibility index (Phi) is 4.76. The van der Waals surface area contributed by atoms with Gasteiger partial charge in [0.25, 0.3) is 0 Å². The molecule has 2 atom stereocenters. The molecule has 0 amide bonds. The third kappa shape index (κ3) is 3.45. The van der Waals surface area contributed by atoms with Crippen molar-refractivity contribution in [2.75, 3.05) is 0 Å². The fourth-order valence-electron chi connectivity index (χ4n) is 2.41. The Bertz CT molecular complexity index is 805. The van der Waals surface area contributed by atoms with Crippen molar-refractivity contribution in [3.8, 4) is 6.07 Å². The Labute approximate surface area is 148 Å². The highest BCUT2D eigenvalue weighted by atomic mass is 35.5. The summed E-state index contributed by atoms with van der Waals surface area (Å²) in [5.74, 6) is 0.488. The molecule has 23 heavy (non-hydrogen) atoms. The first-order valence-corrected chi connectivity index (χ1v) is 8.54. The monoisotopic (exact) mass is 362 g/mol. The zero-order valence-corrected chi connectivity index (χ0v) is 14.5. The fraction of sp³-hybridized carbons (Fsp3) is 0.188. The third-order valence-corrected chi connectivity index (χ3v) is 4.95. The number of allylic oxidation sites excluding steroid dienone is 5. The number of rotatable bonds is 2. The molecule has 4 nitrogen and oxygen atoms in total. The van der Waals surface area contributed by atoms with E-state index < -0.39 is 0 Å². The average molecular weight is 363 g/mol. The molecule has 0 radical (unpaired) electrons. The maximum absolute atomic E-state index is 9.49. The summed E-state index contributed by atoms with van der Waals surface area (Å²) < 4.78 is 0. The molecular formula is C16H12Cl2N4S. The van der Waals surface area contributed by atoms with E-state index in [9.17, 15) is 5.26 Å². The summed E-state index contributed by atoms with van der Waals surface area (Å²) in [7, 11) is 0. The lowest BCUT2D eigenvalue weighted by Crippen LogP contribution is -2.20. The molecule has 1 aliphatic carbocycles. The van der Waals surface area contributed by atoms with Crippen molar-refractivity contribution in [1.82, 2.24) is 15.3 Å². The molecule has 2 heterocycles. The highest BCUT2D eigenvalue weighted by Gasteiger charge is 2.26. The Morgan fingerprint density at radius 3 is 3.00 bits per heavy atom. The number of thioether (sulfide) groups is 1. The van der Waals surface area contributed by atoms with E-state index in [4.69, 9.17) is 23.2 Å². The van der Waals surface area contributed by atoms with Gasteiger partial charge in [0.15, 0.2) is 0 Å². The molecule has 2 aliphatic rings. The summed E-state index contributed by atoms with van der Waals surface area (Å²) in [4.78, 5) is 7.95. The van der Waals surface area contributed by atoms with Crippen molar-refractivity contribution >= 4 is 40.5 Å². The Morgan fingerprint density at radius 2 is 2.26 bits per heavy atom. The average Bonchev–Trinajstić information content (AvgIpc) is 3.00. The summed E-state index contributed by atoms with van der Waals surface area (Å²) >= 11 is 13.4. The van der Waals surface area contributed by atoms with Gasteiger partial charge in [-0.1, -0.05) is 42.4 Å². The molecule has 1 aliphatic heterocycles. The maximum Gasteiger partial charge on any atom is 0.222 e.